The molecule has 2 aromatic carbocycles. The molecule has 3 fully saturated rings. The molecule has 27 heavy (non-hydrogen) atoms. The third kappa shape index (κ3) is 3.16. The van der Waals surface area contributed by atoms with Gasteiger partial charge in [-0.3, -0.25) is 4.90 Å². The van der Waals surface area contributed by atoms with Crippen LogP contribution in [0.2, 0.25) is 0 Å². The van der Waals surface area contributed by atoms with Gasteiger partial charge in [0.25, 0.3) is 0 Å². The fraction of sp³-hybridized carbons (Fsp3) is 0.318. The first-order valence-electron chi connectivity index (χ1n) is 9.42. The summed E-state index contributed by atoms with van der Waals surface area (Å²) in [5.41, 5.74) is 3.79. The van der Waals surface area contributed by atoms with Crippen molar-refractivity contribution in [3.63, 3.8) is 0 Å². The maximum Gasteiger partial charge on any atom is 0.126 e. The van der Waals surface area contributed by atoms with Crippen LogP contribution in [0.25, 0.3) is 11.1 Å². The Labute approximate surface area is 163 Å². The highest BCUT2D eigenvalue weighted by molar-refractivity contribution is 7.09. The number of aromatic nitrogens is 1. The van der Waals surface area contributed by atoms with Crippen LogP contribution in [0.5, 0.6) is 5.75 Å². The normalized spacial score (nSPS) is 24.4. The number of ether oxygens (including phenoxy) is 1. The molecule has 2 bridgehead atoms. The van der Waals surface area contributed by atoms with Crippen molar-refractivity contribution in [2.45, 2.75) is 24.5 Å². The van der Waals surface area contributed by atoms with E-state index in [-0.39, 0.29) is 0 Å². The number of methoxy groups -OCH3 is 1. The van der Waals surface area contributed by atoms with E-state index in [1.165, 1.54) is 16.1 Å². The molecule has 6 rings (SSSR count). The number of piperazine rings is 1. The number of piperidine rings is 1. The molecule has 0 radical (unpaired) electrons. The molecular formula is C22H23N3OS. The van der Waals surface area contributed by atoms with Crippen molar-refractivity contribution in [2.75, 3.05) is 20.2 Å². The van der Waals surface area contributed by atoms with Gasteiger partial charge in [-0.2, -0.15) is 0 Å². The molecule has 3 aliphatic rings. The lowest BCUT2D eigenvalue weighted by Gasteiger charge is -2.54. The molecule has 138 valence electrons. The van der Waals surface area contributed by atoms with Gasteiger partial charge < -0.3 is 10.1 Å². The second kappa shape index (κ2) is 7.08. The minimum Gasteiger partial charge on any atom is -0.496 e. The zero-order valence-corrected chi connectivity index (χ0v) is 16.2. The minimum absolute atomic E-state index is 0.542. The number of fused-ring (bicyclic) bond motifs is 2. The second-order valence-electron chi connectivity index (χ2n) is 7.35. The molecule has 3 saturated heterocycles. The number of hydrogen-bond donors (Lipinski definition) is 1. The summed E-state index contributed by atoms with van der Waals surface area (Å²) in [6.07, 6.45) is 1.90. The van der Waals surface area contributed by atoms with Crippen molar-refractivity contribution in [3.8, 4) is 16.9 Å². The molecule has 0 aliphatic carbocycles. The SMILES string of the molecule is COc1ccccc1-c1ccc(C2[C@@H]3CN(Cc4nccs4)C[C@H]2N3)cc1. The summed E-state index contributed by atoms with van der Waals surface area (Å²) in [4.78, 5) is 6.96. The fourth-order valence-electron chi connectivity index (χ4n) is 4.49. The number of benzene rings is 2. The standard InChI is InChI=1S/C22H23N3OS/c1-26-20-5-3-2-4-17(20)15-6-8-16(9-7-15)22-18-12-25(13-19(22)24-18)14-21-23-10-11-27-21/h2-11,18-19,22,24H,12-14H2,1H3/t18-,19+,22?. The maximum absolute atomic E-state index is 5.51. The Morgan fingerprint density at radius 2 is 1.89 bits per heavy atom. The van der Waals surface area contributed by atoms with E-state index in [0.717, 1.165) is 30.9 Å². The van der Waals surface area contributed by atoms with Crippen molar-refractivity contribution in [1.29, 1.82) is 0 Å². The lowest BCUT2D eigenvalue weighted by atomic mass is 9.74. The Hall–Kier alpha value is -2.21. The van der Waals surface area contributed by atoms with Crippen molar-refractivity contribution in [2.24, 2.45) is 0 Å². The Kier molecular flexibility index (Phi) is 4.44. The lowest BCUT2D eigenvalue weighted by molar-refractivity contribution is 0.0470. The highest BCUT2D eigenvalue weighted by Gasteiger charge is 2.46. The number of nitrogens with zero attached hydrogens (tertiary/aromatic N) is 2. The van der Waals surface area contributed by atoms with Crippen molar-refractivity contribution in [1.82, 2.24) is 15.2 Å². The predicted molar refractivity (Wildman–Crippen MR) is 109 cm³/mol. The van der Waals surface area contributed by atoms with Crippen LogP contribution in [0, 0.1) is 0 Å². The van der Waals surface area contributed by atoms with E-state index in [2.05, 4.69) is 57.0 Å². The molecule has 3 aromatic rings. The van der Waals surface area contributed by atoms with Crippen molar-refractivity contribution in [3.05, 3.63) is 70.7 Å². The van der Waals surface area contributed by atoms with Gasteiger partial charge in [0.15, 0.2) is 0 Å². The van der Waals surface area contributed by atoms with E-state index in [9.17, 15) is 0 Å². The Morgan fingerprint density at radius 3 is 2.59 bits per heavy atom. The zero-order valence-electron chi connectivity index (χ0n) is 15.3. The quantitative estimate of drug-likeness (QED) is 0.735. The third-order valence-electron chi connectivity index (χ3n) is 5.76. The molecule has 4 nitrogen and oxygen atoms in total. The van der Waals surface area contributed by atoms with Gasteiger partial charge in [-0.1, -0.05) is 42.5 Å². The molecule has 0 amide bonds. The first kappa shape index (κ1) is 16.9. The Bertz CT molecular complexity index is 898. The summed E-state index contributed by atoms with van der Waals surface area (Å²) in [6.45, 7) is 3.16. The van der Waals surface area contributed by atoms with Crippen LogP contribution in [0.15, 0.2) is 60.1 Å². The first-order chi connectivity index (χ1) is 13.3. The van der Waals surface area contributed by atoms with Gasteiger partial charge in [0.1, 0.15) is 10.8 Å². The molecule has 4 heterocycles. The molecule has 3 aliphatic heterocycles. The number of para-hydroxylation sites is 1. The van der Waals surface area contributed by atoms with Crippen LogP contribution in [0.4, 0.5) is 0 Å². The van der Waals surface area contributed by atoms with Crippen molar-refractivity contribution >= 4 is 11.3 Å². The van der Waals surface area contributed by atoms with Crippen LogP contribution >= 0.6 is 11.3 Å². The number of thiazole rings is 1. The maximum atomic E-state index is 5.51. The smallest absolute Gasteiger partial charge is 0.126 e. The van der Waals surface area contributed by atoms with E-state index < -0.39 is 0 Å². The average molecular weight is 378 g/mol. The van der Waals surface area contributed by atoms with Crippen LogP contribution < -0.4 is 10.1 Å². The van der Waals surface area contributed by atoms with Gasteiger partial charge in [0.05, 0.1) is 13.7 Å². The van der Waals surface area contributed by atoms with E-state index in [1.807, 2.05) is 18.3 Å². The Morgan fingerprint density at radius 1 is 1.11 bits per heavy atom. The molecule has 0 spiro atoms. The molecule has 1 unspecified atom stereocenters. The minimum atomic E-state index is 0.542. The zero-order chi connectivity index (χ0) is 18.2. The van der Waals surface area contributed by atoms with Gasteiger partial charge in [-0.15, -0.1) is 11.3 Å². The summed E-state index contributed by atoms with van der Waals surface area (Å²) in [5.74, 6) is 1.54. The number of hydrogen-bond acceptors (Lipinski definition) is 5. The number of rotatable bonds is 5. The van der Waals surface area contributed by atoms with Gasteiger partial charge in [-0.25, -0.2) is 4.98 Å². The summed E-state index contributed by atoms with van der Waals surface area (Å²) in [7, 11) is 1.73. The van der Waals surface area contributed by atoms with Gasteiger partial charge in [-0.05, 0) is 17.2 Å². The molecule has 1 aromatic heterocycles. The highest BCUT2D eigenvalue weighted by Crippen LogP contribution is 2.38. The monoisotopic (exact) mass is 377 g/mol. The van der Waals surface area contributed by atoms with Gasteiger partial charge in [0.2, 0.25) is 0 Å². The molecular weight excluding hydrogens is 354 g/mol. The van der Waals surface area contributed by atoms with E-state index in [0.29, 0.717) is 18.0 Å². The van der Waals surface area contributed by atoms with Gasteiger partial charge in [0, 0.05) is 48.2 Å². The molecule has 0 saturated carbocycles. The topological polar surface area (TPSA) is 37.4 Å². The highest BCUT2D eigenvalue weighted by atomic mass is 32.1. The van der Waals surface area contributed by atoms with Gasteiger partial charge >= 0.3 is 0 Å². The molecule has 5 heteroatoms. The van der Waals surface area contributed by atoms with E-state index in [4.69, 9.17) is 4.74 Å². The lowest BCUT2D eigenvalue weighted by Crippen LogP contribution is -2.71. The summed E-state index contributed by atoms with van der Waals surface area (Å²) >= 11 is 1.75. The van der Waals surface area contributed by atoms with Crippen LogP contribution in [-0.4, -0.2) is 42.2 Å². The summed E-state index contributed by atoms with van der Waals surface area (Å²) in [5, 5.41) is 7.00. The third-order valence-corrected chi connectivity index (χ3v) is 6.53. The van der Waals surface area contributed by atoms with Crippen LogP contribution in [0.3, 0.4) is 0 Å². The van der Waals surface area contributed by atoms with Crippen molar-refractivity contribution < 1.29 is 4.74 Å². The van der Waals surface area contributed by atoms with E-state index >= 15 is 0 Å². The largest absolute Gasteiger partial charge is 0.496 e. The predicted octanol–water partition coefficient (Wildman–Crippen LogP) is 3.76. The molecule has 1 N–H and O–H groups in total. The summed E-state index contributed by atoms with van der Waals surface area (Å²) in [6, 6.07) is 18.3. The molecule has 3 atom stereocenters. The summed E-state index contributed by atoms with van der Waals surface area (Å²) < 4.78 is 5.51. The second-order valence-corrected chi connectivity index (χ2v) is 8.33. The number of nitrogens with one attached hydrogen (secondary N) is 1. The first-order valence-corrected chi connectivity index (χ1v) is 10.3. The Balaban J connectivity index is 1.29. The average Bonchev–Trinajstić information content (AvgIpc) is 3.21. The van der Waals surface area contributed by atoms with Crippen LogP contribution in [0.1, 0.15) is 16.5 Å². The van der Waals surface area contributed by atoms with Crippen LogP contribution in [-0.2, 0) is 6.54 Å². The van der Waals surface area contributed by atoms with E-state index in [1.54, 1.807) is 18.4 Å². The fourth-order valence-corrected chi connectivity index (χ4v) is 5.15.